The molecule has 1 heterocycles. The number of rotatable bonds is 4. The molecule has 0 aliphatic carbocycles. The van der Waals surface area contributed by atoms with Gasteiger partial charge in [0.15, 0.2) is 0 Å². The first-order valence-electron chi connectivity index (χ1n) is 6.32. The standard InChI is InChI=1S/C9H17N3.2C2H6/c1-9(4-6-11(2)3)12-7-5-10-8-12;2*1-2/h5,7-9H,4,6H2,1-3H3;2*1-2H3. The number of hydrogen-bond acceptors (Lipinski definition) is 2. The lowest BCUT2D eigenvalue weighted by molar-refractivity contribution is 0.358. The van der Waals surface area contributed by atoms with Crippen molar-refractivity contribution < 1.29 is 0 Å². The van der Waals surface area contributed by atoms with Gasteiger partial charge in [0, 0.05) is 18.4 Å². The highest BCUT2D eigenvalue weighted by atomic mass is 15.1. The summed E-state index contributed by atoms with van der Waals surface area (Å²) < 4.78 is 2.14. The van der Waals surface area contributed by atoms with Crippen LogP contribution in [0, 0.1) is 0 Å². The minimum atomic E-state index is 0.551. The van der Waals surface area contributed by atoms with Crippen LogP contribution in [0.2, 0.25) is 0 Å². The molecule has 16 heavy (non-hydrogen) atoms. The molecular formula is C13H29N3. The largest absolute Gasteiger partial charge is 0.335 e. The third-order valence-corrected chi connectivity index (χ3v) is 2.03. The minimum Gasteiger partial charge on any atom is -0.335 e. The molecule has 0 saturated carbocycles. The second-order valence-electron chi connectivity index (χ2n) is 3.45. The van der Waals surface area contributed by atoms with Crippen LogP contribution in [-0.4, -0.2) is 35.1 Å². The van der Waals surface area contributed by atoms with E-state index < -0.39 is 0 Å². The van der Waals surface area contributed by atoms with Gasteiger partial charge in [-0.25, -0.2) is 4.98 Å². The Morgan fingerprint density at radius 3 is 2.12 bits per heavy atom. The normalized spacial score (nSPS) is 11.0. The second kappa shape index (κ2) is 12.2. The van der Waals surface area contributed by atoms with E-state index in [-0.39, 0.29) is 0 Å². The molecule has 3 heteroatoms. The Morgan fingerprint density at radius 2 is 1.75 bits per heavy atom. The fourth-order valence-corrected chi connectivity index (χ4v) is 1.12. The maximum Gasteiger partial charge on any atom is 0.0948 e. The topological polar surface area (TPSA) is 21.1 Å². The Morgan fingerprint density at radius 1 is 1.19 bits per heavy atom. The zero-order chi connectivity index (χ0) is 13.0. The molecule has 1 rings (SSSR count). The van der Waals surface area contributed by atoms with Crippen LogP contribution in [-0.2, 0) is 0 Å². The Kier molecular flexibility index (Phi) is 13.4. The monoisotopic (exact) mass is 227 g/mol. The number of imidazole rings is 1. The van der Waals surface area contributed by atoms with Gasteiger partial charge in [0.2, 0.25) is 0 Å². The molecule has 0 N–H and O–H groups in total. The molecule has 0 bridgehead atoms. The predicted octanol–water partition coefficient (Wildman–Crippen LogP) is 3.45. The zero-order valence-electron chi connectivity index (χ0n) is 12.1. The summed E-state index contributed by atoms with van der Waals surface area (Å²) in [7, 11) is 4.20. The maximum atomic E-state index is 4.02. The lowest BCUT2D eigenvalue weighted by Gasteiger charge is -2.15. The van der Waals surface area contributed by atoms with Gasteiger partial charge >= 0.3 is 0 Å². The molecule has 0 radical (unpaired) electrons. The lowest BCUT2D eigenvalue weighted by atomic mass is 10.2. The van der Waals surface area contributed by atoms with E-state index in [0.29, 0.717) is 6.04 Å². The Balaban J connectivity index is 0. The van der Waals surface area contributed by atoms with Crippen molar-refractivity contribution >= 4 is 0 Å². The molecule has 1 aromatic rings. The third kappa shape index (κ3) is 8.48. The Hall–Kier alpha value is -0.830. The fourth-order valence-electron chi connectivity index (χ4n) is 1.12. The highest BCUT2D eigenvalue weighted by Gasteiger charge is 2.02. The molecule has 0 saturated heterocycles. The number of aromatic nitrogens is 2. The molecule has 3 nitrogen and oxygen atoms in total. The lowest BCUT2D eigenvalue weighted by Crippen LogP contribution is -2.16. The summed E-state index contributed by atoms with van der Waals surface area (Å²) in [5, 5.41) is 0. The summed E-state index contributed by atoms with van der Waals surface area (Å²) in [5.74, 6) is 0. The second-order valence-corrected chi connectivity index (χ2v) is 3.45. The molecule has 0 aliphatic rings. The van der Waals surface area contributed by atoms with Gasteiger partial charge in [-0.3, -0.25) is 0 Å². The van der Waals surface area contributed by atoms with E-state index in [0.717, 1.165) is 6.54 Å². The minimum absolute atomic E-state index is 0.551. The Labute approximate surface area is 101 Å². The van der Waals surface area contributed by atoms with Crippen molar-refractivity contribution in [2.24, 2.45) is 0 Å². The molecule has 0 spiro atoms. The van der Waals surface area contributed by atoms with Crippen LogP contribution in [0.15, 0.2) is 18.7 Å². The van der Waals surface area contributed by atoms with E-state index in [2.05, 4.69) is 35.5 Å². The molecule has 1 aromatic heterocycles. The molecule has 1 unspecified atom stereocenters. The van der Waals surface area contributed by atoms with Crippen LogP contribution in [0.5, 0.6) is 0 Å². The SMILES string of the molecule is CC.CC.CC(CCN(C)C)n1ccnc1. The van der Waals surface area contributed by atoms with Gasteiger partial charge in [0.1, 0.15) is 0 Å². The van der Waals surface area contributed by atoms with Gasteiger partial charge < -0.3 is 9.47 Å². The maximum absolute atomic E-state index is 4.02. The van der Waals surface area contributed by atoms with Crippen molar-refractivity contribution in [1.82, 2.24) is 14.5 Å². The van der Waals surface area contributed by atoms with Gasteiger partial charge in [0.05, 0.1) is 6.33 Å². The zero-order valence-corrected chi connectivity index (χ0v) is 12.1. The van der Waals surface area contributed by atoms with Crippen LogP contribution in [0.25, 0.3) is 0 Å². The molecule has 0 amide bonds. The number of nitrogens with zero attached hydrogens (tertiary/aromatic N) is 3. The third-order valence-electron chi connectivity index (χ3n) is 2.03. The van der Waals surface area contributed by atoms with Gasteiger partial charge in [-0.2, -0.15) is 0 Å². The molecular weight excluding hydrogens is 198 g/mol. The average Bonchev–Trinajstić information content (AvgIpc) is 2.85. The van der Waals surface area contributed by atoms with E-state index in [9.17, 15) is 0 Å². The van der Waals surface area contributed by atoms with Crippen molar-refractivity contribution in [3.63, 3.8) is 0 Å². The first-order chi connectivity index (χ1) is 7.70. The van der Waals surface area contributed by atoms with Crippen molar-refractivity contribution in [2.75, 3.05) is 20.6 Å². The van der Waals surface area contributed by atoms with Gasteiger partial charge in [-0.15, -0.1) is 0 Å². The van der Waals surface area contributed by atoms with E-state index in [1.54, 1.807) is 0 Å². The van der Waals surface area contributed by atoms with Crippen molar-refractivity contribution in [3.05, 3.63) is 18.7 Å². The van der Waals surface area contributed by atoms with Crippen molar-refractivity contribution in [3.8, 4) is 0 Å². The van der Waals surface area contributed by atoms with E-state index in [1.807, 2.05) is 46.4 Å². The first-order valence-corrected chi connectivity index (χ1v) is 6.32. The van der Waals surface area contributed by atoms with Crippen LogP contribution < -0.4 is 0 Å². The summed E-state index contributed by atoms with van der Waals surface area (Å²) in [4.78, 5) is 6.22. The number of hydrogen-bond donors (Lipinski definition) is 0. The highest BCUT2D eigenvalue weighted by molar-refractivity contribution is 4.78. The molecule has 1 atom stereocenters. The van der Waals surface area contributed by atoms with Crippen LogP contribution in [0.3, 0.4) is 0 Å². The summed E-state index contributed by atoms with van der Waals surface area (Å²) >= 11 is 0. The highest BCUT2D eigenvalue weighted by Crippen LogP contribution is 2.08. The van der Waals surface area contributed by atoms with Crippen molar-refractivity contribution in [2.45, 2.75) is 47.1 Å². The van der Waals surface area contributed by atoms with Gasteiger partial charge in [0.25, 0.3) is 0 Å². The predicted molar refractivity (Wildman–Crippen MR) is 72.8 cm³/mol. The van der Waals surface area contributed by atoms with E-state index in [1.165, 1.54) is 6.42 Å². The van der Waals surface area contributed by atoms with Gasteiger partial charge in [-0.05, 0) is 34.0 Å². The summed E-state index contributed by atoms with van der Waals surface area (Å²) in [6, 6.07) is 0.551. The summed E-state index contributed by atoms with van der Waals surface area (Å²) in [6.07, 6.45) is 6.89. The molecule has 0 aromatic carbocycles. The van der Waals surface area contributed by atoms with Crippen LogP contribution >= 0.6 is 0 Å². The molecule has 0 aliphatic heterocycles. The van der Waals surface area contributed by atoms with Gasteiger partial charge in [-0.1, -0.05) is 27.7 Å². The smallest absolute Gasteiger partial charge is 0.0948 e. The van der Waals surface area contributed by atoms with Crippen molar-refractivity contribution in [1.29, 1.82) is 0 Å². The van der Waals surface area contributed by atoms with E-state index in [4.69, 9.17) is 0 Å². The summed E-state index contributed by atoms with van der Waals surface area (Å²) in [6.45, 7) is 11.3. The molecule has 0 fully saturated rings. The summed E-state index contributed by atoms with van der Waals surface area (Å²) in [5.41, 5.74) is 0. The fraction of sp³-hybridized carbons (Fsp3) is 0.769. The first kappa shape index (κ1) is 17.6. The van der Waals surface area contributed by atoms with E-state index >= 15 is 0 Å². The van der Waals surface area contributed by atoms with Crippen LogP contribution in [0.1, 0.15) is 47.1 Å². The Bertz CT molecular complexity index is 205. The quantitative estimate of drug-likeness (QED) is 0.785. The average molecular weight is 227 g/mol. The van der Waals surface area contributed by atoms with Crippen LogP contribution in [0.4, 0.5) is 0 Å². The molecule has 96 valence electrons.